The van der Waals surface area contributed by atoms with Crippen LogP contribution in [0.2, 0.25) is 5.02 Å². The second-order valence-corrected chi connectivity index (χ2v) is 14.1. The number of fused-ring (bicyclic) bond motifs is 4. The highest BCUT2D eigenvalue weighted by atomic mass is 35.5. The van der Waals surface area contributed by atoms with E-state index < -0.39 is 58.4 Å². The van der Waals surface area contributed by atoms with Crippen LogP contribution in [0.4, 0.5) is 10.1 Å². The summed E-state index contributed by atoms with van der Waals surface area (Å²) in [7, 11) is 0. The largest absolute Gasteiger partial charge is 0.505 e. The highest BCUT2D eigenvalue weighted by molar-refractivity contribution is 7.09. The second-order valence-electron chi connectivity index (χ2n) is 12.6. The van der Waals surface area contributed by atoms with Gasteiger partial charge in [-0.1, -0.05) is 71.8 Å². The summed E-state index contributed by atoms with van der Waals surface area (Å²) in [6.07, 6.45) is 2.35. The molecule has 2 aliphatic heterocycles. The average Bonchev–Trinajstić information content (AvgIpc) is 3.74. The molecule has 8 rings (SSSR count). The number of carbonyl (C=O) groups excluding carboxylic acids is 4. The number of anilines is 1. The molecular weight excluding hydrogens is 639 g/mol. The third-order valence-electron chi connectivity index (χ3n) is 10.5. The monoisotopic (exact) mass is 666 g/mol. The third kappa shape index (κ3) is 4.29. The molecule has 7 nitrogen and oxygen atoms in total. The maximum atomic E-state index is 15.2. The molecule has 4 amide bonds. The number of halogens is 2. The highest BCUT2D eigenvalue weighted by Gasteiger charge is 2.70. The molecule has 0 radical (unpaired) electrons. The zero-order valence-corrected chi connectivity index (χ0v) is 26.5. The van der Waals surface area contributed by atoms with E-state index in [-0.39, 0.29) is 31.2 Å². The van der Waals surface area contributed by atoms with Crippen LogP contribution in [0.15, 0.2) is 102 Å². The van der Waals surface area contributed by atoms with Crippen LogP contribution >= 0.6 is 22.9 Å². The fourth-order valence-electron chi connectivity index (χ4n) is 8.60. The van der Waals surface area contributed by atoms with E-state index in [4.69, 9.17) is 11.6 Å². The number of allylic oxidation sites excluding steroid dienone is 2. The summed E-state index contributed by atoms with van der Waals surface area (Å²) in [4.78, 5) is 61.2. The average molecular weight is 667 g/mol. The van der Waals surface area contributed by atoms with Crippen LogP contribution in [0.5, 0.6) is 5.75 Å². The molecule has 3 fully saturated rings. The first-order valence-electron chi connectivity index (χ1n) is 15.5. The molecule has 3 heterocycles. The van der Waals surface area contributed by atoms with Crippen LogP contribution in [0.3, 0.4) is 0 Å². The van der Waals surface area contributed by atoms with E-state index in [1.807, 2.05) is 41.8 Å². The molecule has 2 saturated heterocycles. The first-order chi connectivity index (χ1) is 22.7. The number of rotatable bonds is 5. The Bertz CT molecular complexity index is 2000. The van der Waals surface area contributed by atoms with Crippen molar-refractivity contribution in [1.82, 2.24) is 4.90 Å². The Morgan fingerprint density at radius 3 is 2.43 bits per heavy atom. The molecule has 47 heavy (non-hydrogen) atoms. The van der Waals surface area contributed by atoms with Gasteiger partial charge in [-0.25, -0.2) is 9.29 Å². The molecule has 236 valence electrons. The molecule has 4 aliphatic rings. The number of hydrogen-bond acceptors (Lipinski definition) is 6. The molecule has 0 unspecified atom stereocenters. The minimum absolute atomic E-state index is 0.145. The number of hydrogen-bond donors (Lipinski definition) is 1. The normalized spacial score (nSPS) is 28.3. The number of imide groups is 2. The Labute approximate surface area is 278 Å². The molecule has 1 N–H and O–H groups in total. The van der Waals surface area contributed by atoms with Crippen LogP contribution in [0.25, 0.3) is 0 Å². The molecule has 0 spiro atoms. The Morgan fingerprint density at radius 1 is 0.894 bits per heavy atom. The van der Waals surface area contributed by atoms with E-state index in [1.54, 1.807) is 42.5 Å². The van der Waals surface area contributed by atoms with Gasteiger partial charge in [0.1, 0.15) is 0 Å². The summed E-state index contributed by atoms with van der Waals surface area (Å²) in [6, 6.07) is 23.4. The number of thiophene rings is 1. The number of amides is 4. The van der Waals surface area contributed by atoms with Crippen molar-refractivity contribution in [3.63, 3.8) is 0 Å². The fraction of sp³-hybridized carbons (Fsp3) is 0.243. The van der Waals surface area contributed by atoms with Gasteiger partial charge in [-0.2, -0.15) is 0 Å². The van der Waals surface area contributed by atoms with Gasteiger partial charge < -0.3 is 5.11 Å². The number of phenols is 1. The van der Waals surface area contributed by atoms with Crippen LogP contribution < -0.4 is 4.90 Å². The lowest BCUT2D eigenvalue weighted by molar-refractivity contribution is -0.141. The van der Waals surface area contributed by atoms with E-state index >= 15 is 9.18 Å². The lowest BCUT2D eigenvalue weighted by atomic mass is 9.49. The van der Waals surface area contributed by atoms with E-state index in [9.17, 15) is 19.5 Å². The van der Waals surface area contributed by atoms with Gasteiger partial charge in [0.05, 0.1) is 35.4 Å². The second kappa shape index (κ2) is 11.0. The predicted molar refractivity (Wildman–Crippen MR) is 174 cm³/mol. The Balaban J connectivity index is 1.34. The van der Waals surface area contributed by atoms with Crippen LogP contribution in [0, 0.1) is 29.5 Å². The minimum Gasteiger partial charge on any atom is -0.505 e. The molecule has 0 bridgehead atoms. The van der Waals surface area contributed by atoms with E-state index in [0.29, 0.717) is 21.8 Å². The smallest absolute Gasteiger partial charge is 0.246 e. The van der Waals surface area contributed by atoms with Gasteiger partial charge in [-0.05, 0) is 71.7 Å². The minimum atomic E-state index is -1.51. The van der Waals surface area contributed by atoms with E-state index in [0.717, 1.165) is 10.5 Å². The maximum absolute atomic E-state index is 15.2. The van der Waals surface area contributed by atoms with Crippen molar-refractivity contribution >= 4 is 52.3 Å². The summed E-state index contributed by atoms with van der Waals surface area (Å²) >= 11 is 7.80. The van der Waals surface area contributed by atoms with Gasteiger partial charge in [0, 0.05) is 15.8 Å². The zero-order valence-electron chi connectivity index (χ0n) is 24.9. The first kappa shape index (κ1) is 29.8. The number of aromatic hydroxyl groups is 1. The van der Waals surface area contributed by atoms with Crippen molar-refractivity contribution in [2.45, 2.75) is 30.7 Å². The van der Waals surface area contributed by atoms with Gasteiger partial charge in [0.25, 0.3) is 0 Å². The van der Waals surface area contributed by atoms with Gasteiger partial charge in [-0.3, -0.25) is 24.1 Å². The number of nitrogens with zero attached hydrogens (tertiary/aromatic N) is 2. The summed E-state index contributed by atoms with van der Waals surface area (Å²) < 4.78 is 15.2. The van der Waals surface area contributed by atoms with Crippen molar-refractivity contribution in [3.05, 3.63) is 129 Å². The summed E-state index contributed by atoms with van der Waals surface area (Å²) in [5.41, 5.74) is 0.508. The summed E-state index contributed by atoms with van der Waals surface area (Å²) in [5.74, 6) is -6.59. The molecule has 10 heteroatoms. The molecule has 1 aromatic heterocycles. The number of likely N-dealkylation sites (tertiary alicyclic amines) is 1. The van der Waals surface area contributed by atoms with E-state index in [2.05, 4.69) is 0 Å². The lowest BCUT2D eigenvalue weighted by Crippen LogP contribution is -2.53. The maximum Gasteiger partial charge on any atom is 0.246 e. The highest BCUT2D eigenvalue weighted by Crippen LogP contribution is 2.64. The van der Waals surface area contributed by atoms with Crippen LogP contribution in [-0.4, -0.2) is 33.6 Å². The molecule has 1 saturated carbocycles. The Hall–Kier alpha value is -4.60. The molecule has 4 aromatic rings. The topological polar surface area (TPSA) is 95.0 Å². The van der Waals surface area contributed by atoms with Gasteiger partial charge in [0.15, 0.2) is 11.6 Å². The van der Waals surface area contributed by atoms with Gasteiger partial charge in [-0.15, -0.1) is 11.3 Å². The number of phenolic OH excluding ortho intramolecular Hbond substituents is 1. The fourth-order valence-corrected chi connectivity index (χ4v) is 9.48. The number of carbonyl (C=O) groups is 4. The quantitative estimate of drug-likeness (QED) is 0.191. The van der Waals surface area contributed by atoms with Gasteiger partial charge >= 0.3 is 0 Å². The van der Waals surface area contributed by atoms with Crippen molar-refractivity contribution in [3.8, 4) is 5.75 Å². The molecule has 6 atom stereocenters. The first-order valence-corrected chi connectivity index (χ1v) is 16.7. The van der Waals surface area contributed by atoms with Gasteiger partial charge in [0.2, 0.25) is 23.6 Å². The van der Waals surface area contributed by atoms with E-state index in [1.165, 1.54) is 33.3 Å². The SMILES string of the molecule is O=C1[C@H]2[C@H](CC=C3[C@H]2C[C@H]2C(=O)N(c4cccc(Cl)c4)C(=O)[C@@]2(c2ccccc2)[C@H]3c2ccc(O)c(F)c2)C(=O)N1Cc1cccs1. The molecular formula is C37H28ClFN2O5S. The standard InChI is InChI=1S/C37H28ClFN2O5S/c38-22-8-4-9-23(17-22)41-34(44)28-18-27-25(12-13-26-31(27)35(45)40(33(26)43)19-24-10-5-15-47-24)32(20-11-14-30(42)29(39)16-20)37(28,36(41)46)21-6-2-1-3-7-21/h1-12,14-17,26-28,31-32,42H,13,18-19H2/t26-,27+,28-,31-,32-,37+/m0/s1. The van der Waals surface area contributed by atoms with Crippen molar-refractivity contribution < 1.29 is 28.7 Å². The van der Waals surface area contributed by atoms with Crippen molar-refractivity contribution in [1.29, 1.82) is 0 Å². The predicted octanol–water partition coefficient (Wildman–Crippen LogP) is 6.61. The summed E-state index contributed by atoms with van der Waals surface area (Å²) in [6.45, 7) is 0.175. The van der Waals surface area contributed by atoms with Crippen LogP contribution in [-0.2, 0) is 31.1 Å². The van der Waals surface area contributed by atoms with Crippen molar-refractivity contribution in [2.75, 3.05) is 4.90 Å². The Kier molecular flexibility index (Phi) is 6.97. The lowest BCUT2D eigenvalue weighted by Gasteiger charge is -2.50. The molecule has 3 aromatic carbocycles. The zero-order chi connectivity index (χ0) is 32.6. The molecule has 2 aliphatic carbocycles. The van der Waals surface area contributed by atoms with Crippen LogP contribution in [0.1, 0.15) is 34.8 Å². The third-order valence-corrected chi connectivity index (χ3v) is 11.6. The van der Waals surface area contributed by atoms with Crippen molar-refractivity contribution in [2.24, 2.45) is 23.7 Å². The Morgan fingerprint density at radius 2 is 1.70 bits per heavy atom. The summed E-state index contributed by atoms with van der Waals surface area (Å²) in [5, 5.41) is 12.4. The number of benzene rings is 3.